The van der Waals surface area contributed by atoms with Crippen molar-refractivity contribution in [1.82, 2.24) is 0 Å². The molecular formula is C10H5BrF5NO3. The maximum atomic E-state index is 12.7. The summed E-state index contributed by atoms with van der Waals surface area (Å²) in [5.74, 6) is -9.89. The highest BCUT2D eigenvalue weighted by Crippen LogP contribution is 2.36. The molecule has 0 aliphatic carbocycles. The van der Waals surface area contributed by atoms with Crippen LogP contribution in [-0.4, -0.2) is 29.1 Å². The van der Waals surface area contributed by atoms with Crippen molar-refractivity contribution < 1.29 is 36.6 Å². The van der Waals surface area contributed by atoms with Crippen LogP contribution in [0, 0.1) is 0 Å². The van der Waals surface area contributed by atoms with Gasteiger partial charge in [-0.05, 0) is 18.2 Å². The number of carbonyl (C=O) groups is 2. The van der Waals surface area contributed by atoms with Crippen LogP contribution in [0.25, 0.3) is 0 Å². The first-order valence-electron chi connectivity index (χ1n) is 4.75. The molecule has 20 heavy (non-hydrogen) atoms. The molecule has 0 atom stereocenters. The van der Waals surface area contributed by atoms with Crippen LogP contribution in [0.15, 0.2) is 22.7 Å². The molecule has 0 fully saturated rings. The minimum Gasteiger partial charge on any atom is -0.478 e. The molecule has 0 spiro atoms. The Labute approximate surface area is 116 Å². The third-order valence-electron chi connectivity index (χ3n) is 2.10. The number of carboxylic acid groups (broad SMARTS) is 1. The minimum absolute atomic E-state index is 0.188. The summed E-state index contributed by atoms with van der Waals surface area (Å²) in [6, 6.07) is 3.06. The molecule has 0 aliphatic heterocycles. The van der Waals surface area contributed by atoms with Gasteiger partial charge in [-0.3, -0.25) is 4.79 Å². The number of hydrogen-bond acceptors (Lipinski definition) is 2. The van der Waals surface area contributed by atoms with Crippen LogP contribution in [-0.2, 0) is 4.79 Å². The predicted molar refractivity (Wildman–Crippen MR) is 60.7 cm³/mol. The number of amides is 1. The zero-order valence-corrected chi connectivity index (χ0v) is 10.8. The number of benzene rings is 1. The standard InChI is InChI=1S/C10H5BrF5NO3/c11-4-1-2-5(7(18)19)6(3-4)17-8(20)9(12,13)10(14,15)16/h1-3H,(H,17,20)(H,18,19). The topological polar surface area (TPSA) is 66.4 Å². The van der Waals surface area contributed by atoms with Crippen LogP contribution >= 0.6 is 15.9 Å². The zero-order valence-electron chi connectivity index (χ0n) is 9.26. The van der Waals surface area contributed by atoms with E-state index in [1.807, 2.05) is 0 Å². The number of carbonyl (C=O) groups excluding carboxylic acids is 1. The number of rotatable bonds is 3. The van der Waals surface area contributed by atoms with Gasteiger partial charge in [0.25, 0.3) is 0 Å². The molecule has 1 aromatic carbocycles. The Morgan fingerprint density at radius 2 is 1.70 bits per heavy atom. The largest absolute Gasteiger partial charge is 0.478 e. The van der Waals surface area contributed by atoms with Gasteiger partial charge in [0.15, 0.2) is 0 Å². The molecule has 0 unspecified atom stereocenters. The van der Waals surface area contributed by atoms with E-state index in [1.165, 1.54) is 11.4 Å². The lowest BCUT2D eigenvalue weighted by atomic mass is 10.1. The van der Waals surface area contributed by atoms with Gasteiger partial charge in [0, 0.05) is 4.47 Å². The Balaban J connectivity index is 3.14. The number of nitrogens with one attached hydrogen (secondary N) is 1. The van der Waals surface area contributed by atoms with Crippen molar-refractivity contribution in [2.75, 3.05) is 5.32 Å². The SMILES string of the molecule is O=C(O)c1ccc(Br)cc1NC(=O)C(F)(F)C(F)(F)F. The van der Waals surface area contributed by atoms with Crippen LogP contribution in [0.1, 0.15) is 10.4 Å². The molecule has 2 N–H and O–H groups in total. The molecule has 10 heteroatoms. The van der Waals surface area contributed by atoms with E-state index < -0.39 is 35.2 Å². The average Bonchev–Trinajstić information content (AvgIpc) is 2.26. The molecule has 0 aliphatic rings. The fraction of sp³-hybridized carbons (Fsp3) is 0.200. The van der Waals surface area contributed by atoms with E-state index >= 15 is 0 Å². The molecule has 1 aromatic rings. The lowest BCUT2D eigenvalue weighted by Crippen LogP contribution is -2.47. The van der Waals surface area contributed by atoms with E-state index in [4.69, 9.17) is 5.11 Å². The fourth-order valence-corrected chi connectivity index (χ4v) is 1.50. The molecule has 1 rings (SSSR count). The molecule has 0 aromatic heterocycles. The third-order valence-corrected chi connectivity index (χ3v) is 2.59. The highest BCUT2D eigenvalue weighted by atomic mass is 79.9. The number of halogens is 6. The Kier molecular flexibility index (Phi) is 4.37. The molecule has 4 nitrogen and oxygen atoms in total. The summed E-state index contributed by atoms with van der Waals surface area (Å²) in [5.41, 5.74) is -1.31. The van der Waals surface area contributed by atoms with Gasteiger partial charge >= 0.3 is 24.0 Å². The van der Waals surface area contributed by atoms with E-state index in [0.717, 1.165) is 12.1 Å². The van der Waals surface area contributed by atoms with Crippen molar-refractivity contribution in [2.24, 2.45) is 0 Å². The van der Waals surface area contributed by atoms with Gasteiger partial charge in [-0.2, -0.15) is 22.0 Å². The predicted octanol–water partition coefficient (Wildman–Crippen LogP) is 3.28. The second-order valence-electron chi connectivity index (χ2n) is 3.52. The van der Waals surface area contributed by atoms with E-state index in [0.29, 0.717) is 0 Å². The van der Waals surface area contributed by atoms with Gasteiger partial charge in [0.05, 0.1) is 11.3 Å². The monoisotopic (exact) mass is 361 g/mol. The van der Waals surface area contributed by atoms with Crippen LogP contribution in [0.2, 0.25) is 0 Å². The minimum atomic E-state index is -6.08. The summed E-state index contributed by atoms with van der Waals surface area (Å²) in [6.07, 6.45) is -6.08. The molecule has 0 saturated carbocycles. The zero-order chi connectivity index (χ0) is 15.7. The van der Waals surface area contributed by atoms with Crippen LogP contribution in [0.4, 0.5) is 27.6 Å². The Morgan fingerprint density at radius 1 is 1.15 bits per heavy atom. The van der Waals surface area contributed by atoms with Crippen molar-refractivity contribution in [3.8, 4) is 0 Å². The number of anilines is 1. The van der Waals surface area contributed by atoms with Gasteiger partial charge in [0.2, 0.25) is 0 Å². The van der Waals surface area contributed by atoms with E-state index in [1.54, 1.807) is 0 Å². The molecule has 0 saturated heterocycles. The van der Waals surface area contributed by atoms with Gasteiger partial charge in [-0.25, -0.2) is 4.79 Å². The van der Waals surface area contributed by atoms with Crippen molar-refractivity contribution >= 4 is 33.5 Å². The summed E-state index contributed by atoms with van der Waals surface area (Å²) >= 11 is 2.87. The lowest BCUT2D eigenvalue weighted by molar-refractivity contribution is -0.267. The smallest absolute Gasteiger partial charge is 0.463 e. The Morgan fingerprint density at radius 3 is 2.15 bits per heavy atom. The number of aromatic carboxylic acids is 1. The number of alkyl halides is 5. The first kappa shape index (κ1) is 16.3. The molecule has 110 valence electrons. The van der Waals surface area contributed by atoms with Crippen molar-refractivity contribution in [2.45, 2.75) is 12.1 Å². The number of hydrogen-bond donors (Lipinski definition) is 2. The average molecular weight is 362 g/mol. The second kappa shape index (κ2) is 5.35. The second-order valence-corrected chi connectivity index (χ2v) is 4.44. The summed E-state index contributed by atoms with van der Waals surface area (Å²) in [5, 5.41) is 10.0. The lowest BCUT2D eigenvalue weighted by Gasteiger charge is -2.19. The summed E-state index contributed by atoms with van der Waals surface area (Å²) < 4.78 is 61.6. The molecule has 0 heterocycles. The summed E-state index contributed by atoms with van der Waals surface area (Å²) in [4.78, 5) is 21.8. The highest BCUT2D eigenvalue weighted by Gasteiger charge is 2.63. The fourth-order valence-electron chi connectivity index (χ4n) is 1.14. The first-order chi connectivity index (χ1) is 8.96. The van der Waals surface area contributed by atoms with Crippen LogP contribution in [0.5, 0.6) is 0 Å². The molecule has 0 bridgehead atoms. The quantitative estimate of drug-likeness (QED) is 0.812. The van der Waals surface area contributed by atoms with E-state index in [-0.39, 0.29) is 4.47 Å². The van der Waals surface area contributed by atoms with Crippen LogP contribution < -0.4 is 5.32 Å². The van der Waals surface area contributed by atoms with E-state index in [2.05, 4.69) is 15.9 Å². The van der Waals surface area contributed by atoms with E-state index in [9.17, 15) is 31.5 Å². The maximum absolute atomic E-state index is 12.7. The summed E-state index contributed by atoms with van der Waals surface area (Å²) in [7, 11) is 0. The van der Waals surface area contributed by atoms with Crippen LogP contribution in [0.3, 0.4) is 0 Å². The summed E-state index contributed by atoms with van der Waals surface area (Å²) in [6.45, 7) is 0. The van der Waals surface area contributed by atoms with Gasteiger partial charge in [0.1, 0.15) is 0 Å². The van der Waals surface area contributed by atoms with Crippen molar-refractivity contribution in [3.05, 3.63) is 28.2 Å². The van der Waals surface area contributed by atoms with Gasteiger partial charge in [-0.1, -0.05) is 15.9 Å². The first-order valence-corrected chi connectivity index (χ1v) is 5.55. The van der Waals surface area contributed by atoms with Gasteiger partial charge in [-0.15, -0.1) is 0 Å². The van der Waals surface area contributed by atoms with Gasteiger partial charge < -0.3 is 10.4 Å². The van der Waals surface area contributed by atoms with Crippen molar-refractivity contribution in [3.63, 3.8) is 0 Å². The third kappa shape index (κ3) is 3.24. The maximum Gasteiger partial charge on any atom is 0.463 e. The normalized spacial score (nSPS) is 12.1. The Bertz CT molecular complexity index is 558. The molecular weight excluding hydrogens is 357 g/mol. The molecule has 0 radical (unpaired) electrons. The van der Waals surface area contributed by atoms with Crippen molar-refractivity contribution in [1.29, 1.82) is 0 Å². The highest BCUT2D eigenvalue weighted by molar-refractivity contribution is 9.10. The number of carboxylic acids is 1. The Hall–Kier alpha value is -1.71. The molecule has 1 amide bonds.